The van der Waals surface area contributed by atoms with Gasteiger partial charge in [-0.15, -0.1) is 0 Å². The summed E-state index contributed by atoms with van der Waals surface area (Å²) in [6.45, 7) is 2.34. The Hall–Kier alpha value is -0.320. The Kier molecular flexibility index (Phi) is 4.05. The molecule has 16 heavy (non-hydrogen) atoms. The van der Waals surface area contributed by atoms with Gasteiger partial charge >= 0.3 is 0 Å². The van der Waals surface area contributed by atoms with Crippen molar-refractivity contribution >= 4 is 23.2 Å². The summed E-state index contributed by atoms with van der Waals surface area (Å²) in [6.07, 6.45) is -0.00834. The molecule has 1 aromatic rings. The molecule has 0 spiro atoms. The minimum atomic E-state index is -0.178. The Morgan fingerprint density at radius 3 is 2.81 bits per heavy atom. The molecule has 3 N–H and O–H groups in total. The van der Waals surface area contributed by atoms with Gasteiger partial charge in [0.05, 0.1) is 28.8 Å². The second kappa shape index (κ2) is 5.34. The highest BCUT2D eigenvalue weighted by Crippen LogP contribution is 2.26. The first kappa shape index (κ1) is 12.1. The van der Waals surface area contributed by atoms with Crippen LogP contribution in [0.15, 0.2) is 18.2 Å². The first-order valence-corrected chi connectivity index (χ1v) is 5.97. The molecule has 3 nitrogen and oxygen atoms in total. The van der Waals surface area contributed by atoms with E-state index in [9.17, 15) is 0 Å². The number of benzene rings is 1. The molecule has 88 valence electrons. The smallest absolute Gasteiger partial charge is 0.0892 e. The number of halogens is 2. The maximum Gasteiger partial charge on any atom is 0.0892 e. The third kappa shape index (κ3) is 2.67. The van der Waals surface area contributed by atoms with Crippen molar-refractivity contribution in [2.45, 2.75) is 12.1 Å². The van der Waals surface area contributed by atoms with E-state index in [1.165, 1.54) is 0 Å². The van der Waals surface area contributed by atoms with Crippen molar-refractivity contribution in [2.24, 2.45) is 5.73 Å². The van der Waals surface area contributed by atoms with Gasteiger partial charge in [0.2, 0.25) is 0 Å². The molecule has 1 heterocycles. The van der Waals surface area contributed by atoms with Crippen LogP contribution in [0.1, 0.15) is 11.6 Å². The van der Waals surface area contributed by atoms with Gasteiger partial charge in [-0.05, 0) is 17.7 Å². The first-order valence-electron chi connectivity index (χ1n) is 5.21. The monoisotopic (exact) mass is 260 g/mol. The van der Waals surface area contributed by atoms with E-state index in [4.69, 9.17) is 33.7 Å². The average Bonchev–Trinajstić information content (AvgIpc) is 2.33. The molecule has 2 rings (SSSR count). The van der Waals surface area contributed by atoms with Crippen LogP contribution in [0.2, 0.25) is 10.0 Å². The molecule has 0 aromatic heterocycles. The van der Waals surface area contributed by atoms with Crippen molar-refractivity contribution in [1.82, 2.24) is 5.32 Å². The summed E-state index contributed by atoms with van der Waals surface area (Å²) in [5.74, 6) is 0. The van der Waals surface area contributed by atoms with E-state index in [0.29, 0.717) is 16.7 Å². The summed E-state index contributed by atoms with van der Waals surface area (Å²) < 4.78 is 5.60. The van der Waals surface area contributed by atoms with Crippen LogP contribution < -0.4 is 11.1 Å². The van der Waals surface area contributed by atoms with Crippen molar-refractivity contribution in [2.75, 3.05) is 19.7 Å². The first-order chi connectivity index (χ1) is 7.68. The molecule has 2 atom stereocenters. The van der Waals surface area contributed by atoms with Crippen LogP contribution in [-0.2, 0) is 4.74 Å². The summed E-state index contributed by atoms with van der Waals surface area (Å²) in [5, 5.41) is 4.32. The summed E-state index contributed by atoms with van der Waals surface area (Å²) in [7, 11) is 0. The highest BCUT2D eigenvalue weighted by molar-refractivity contribution is 6.42. The van der Waals surface area contributed by atoms with E-state index in [0.717, 1.165) is 18.7 Å². The number of morpholine rings is 1. The van der Waals surface area contributed by atoms with Crippen molar-refractivity contribution in [3.8, 4) is 0 Å². The predicted octanol–water partition coefficient (Wildman–Crippen LogP) is 1.98. The van der Waals surface area contributed by atoms with Crippen LogP contribution in [0.3, 0.4) is 0 Å². The Morgan fingerprint density at radius 1 is 1.38 bits per heavy atom. The van der Waals surface area contributed by atoms with Crippen LogP contribution in [-0.4, -0.2) is 25.8 Å². The third-order valence-corrected chi connectivity index (χ3v) is 3.42. The van der Waals surface area contributed by atoms with Gasteiger partial charge in [-0.3, -0.25) is 0 Å². The van der Waals surface area contributed by atoms with Crippen molar-refractivity contribution in [3.63, 3.8) is 0 Å². The predicted molar refractivity (Wildman–Crippen MR) is 66.0 cm³/mol. The zero-order chi connectivity index (χ0) is 11.5. The molecule has 2 unspecified atom stereocenters. The fourth-order valence-corrected chi connectivity index (χ4v) is 2.06. The van der Waals surface area contributed by atoms with E-state index in [1.807, 2.05) is 6.07 Å². The molecule has 0 saturated carbocycles. The standard InChI is InChI=1S/C11H14Cl2N2O/c12-8-2-1-7(5-9(8)13)11(14)10-6-15-3-4-16-10/h1-2,5,10-11,15H,3-4,6,14H2. The van der Waals surface area contributed by atoms with Crippen LogP contribution in [0.25, 0.3) is 0 Å². The van der Waals surface area contributed by atoms with Gasteiger partial charge in [-0.1, -0.05) is 29.3 Å². The number of hydrogen-bond donors (Lipinski definition) is 2. The summed E-state index contributed by atoms with van der Waals surface area (Å²) >= 11 is 11.8. The molecule has 0 bridgehead atoms. The van der Waals surface area contributed by atoms with Gasteiger partial charge in [-0.2, -0.15) is 0 Å². The van der Waals surface area contributed by atoms with Gasteiger partial charge in [0.25, 0.3) is 0 Å². The van der Waals surface area contributed by atoms with E-state index >= 15 is 0 Å². The minimum absolute atomic E-state index is 0.00834. The maximum atomic E-state index is 6.12. The Bertz CT molecular complexity index is 367. The minimum Gasteiger partial charge on any atom is -0.374 e. The van der Waals surface area contributed by atoms with Crippen molar-refractivity contribution in [1.29, 1.82) is 0 Å². The molecule has 1 fully saturated rings. The molecule has 1 aromatic carbocycles. The van der Waals surface area contributed by atoms with Crippen LogP contribution in [0.5, 0.6) is 0 Å². The molecule has 1 aliphatic heterocycles. The van der Waals surface area contributed by atoms with Gasteiger partial charge in [0, 0.05) is 13.1 Å². The lowest BCUT2D eigenvalue weighted by Crippen LogP contribution is -2.44. The lowest BCUT2D eigenvalue weighted by Gasteiger charge is -2.29. The maximum absolute atomic E-state index is 6.12. The van der Waals surface area contributed by atoms with Crippen LogP contribution >= 0.6 is 23.2 Å². The lowest BCUT2D eigenvalue weighted by atomic mass is 10.0. The van der Waals surface area contributed by atoms with E-state index in [-0.39, 0.29) is 12.1 Å². The fourth-order valence-electron chi connectivity index (χ4n) is 1.75. The number of nitrogens with two attached hydrogens (primary N) is 1. The SMILES string of the molecule is NC(c1ccc(Cl)c(Cl)c1)C1CNCCO1. The van der Waals surface area contributed by atoms with E-state index in [1.54, 1.807) is 12.1 Å². The molecule has 1 aliphatic rings. The normalized spacial score (nSPS) is 23.1. The fraction of sp³-hybridized carbons (Fsp3) is 0.455. The summed E-state index contributed by atoms with van der Waals surface area (Å²) in [4.78, 5) is 0. The topological polar surface area (TPSA) is 47.3 Å². The second-order valence-electron chi connectivity index (χ2n) is 3.81. The van der Waals surface area contributed by atoms with Crippen molar-refractivity contribution in [3.05, 3.63) is 33.8 Å². The highest BCUT2D eigenvalue weighted by Gasteiger charge is 2.22. The number of hydrogen-bond acceptors (Lipinski definition) is 3. The van der Waals surface area contributed by atoms with E-state index < -0.39 is 0 Å². The van der Waals surface area contributed by atoms with Crippen LogP contribution in [0, 0.1) is 0 Å². The number of ether oxygens (including phenoxy) is 1. The van der Waals surface area contributed by atoms with Gasteiger partial charge in [0.1, 0.15) is 0 Å². The van der Waals surface area contributed by atoms with Crippen LogP contribution in [0.4, 0.5) is 0 Å². The van der Waals surface area contributed by atoms with E-state index in [2.05, 4.69) is 5.32 Å². The van der Waals surface area contributed by atoms with Crippen molar-refractivity contribution < 1.29 is 4.74 Å². The third-order valence-electron chi connectivity index (χ3n) is 2.69. The zero-order valence-electron chi connectivity index (χ0n) is 8.75. The molecule has 0 aliphatic carbocycles. The Morgan fingerprint density at radius 2 is 2.19 bits per heavy atom. The van der Waals surface area contributed by atoms with Gasteiger partial charge in [-0.25, -0.2) is 0 Å². The molecule has 5 heteroatoms. The van der Waals surface area contributed by atoms with Gasteiger partial charge < -0.3 is 15.8 Å². The molecule has 1 saturated heterocycles. The molecule has 0 amide bonds. The number of nitrogens with one attached hydrogen (secondary N) is 1. The summed E-state index contributed by atoms with van der Waals surface area (Å²) in [6, 6.07) is 5.26. The lowest BCUT2D eigenvalue weighted by molar-refractivity contribution is 0.0122. The number of rotatable bonds is 2. The second-order valence-corrected chi connectivity index (χ2v) is 4.63. The highest BCUT2D eigenvalue weighted by atomic mass is 35.5. The quantitative estimate of drug-likeness (QED) is 0.855. The Balaban J connectivity index is 2.12. The molecular formula is C11H14Cl2N2O. The Labute approximate surface area is 105 Å². The average molecular weight is 261 g/mol. The summed E-state index contributed by atoms with van der Waals surface area (Å²) in [5.41, 5.74) is 7.07. The zero-order valence-corrected chi connectivity index (χ0v) is 10.3. The molecule has 0 radical (unpaired) electrons. The molecular weight excluding hydrogens is 247 g/mol. The van der Waals surface area contributed by atoms with Gasteiger partial charge in [0.15, 0.2) is 0 Å². The largest absolute Gasteiger partial charge is 0.374 e.